The summed E-state index contributed by atoms with van der Waals surface area (Å²) in [7, 11) is 0. The van der Waals surface area contributed by atoms with Crippen LogP contribution in [0.1, 0.15) is 123 Å². The van der Waals surface area contributed by atoms with Crippen LogP contribution < -0.4 is 0 Å². The lowest BCUT2D eigenvalue weighted by Crippen LogP contribution is -1.99. The molecule has 0 amide bonds. The molecule has 0 fully saturated rings. The summed E-state index contributed by atoms with van der Waals surface area (Å²) in [5.74, 6) is 0.507. The van der Waals surface area contributed by atoms with Crippen LogP contribution in [-0.4, -0.2) is 6.29 Å². The summed E-state index contributed by atoms with van der Waals surface area (Å²) in [5.41, 5.74) is 1.02. The van der Waals surface area contributed by atoms with Crippen molar-refractivity contribution in [3.8, 4) is 0 Å². The average molecular weight is 363 g/mol. The molecule has 26 heavy (non-hydrogen) atoms. The van der Waals surface area contributed by atoms with Gasteiger partial charge in [-0.15, -0.1) is 6.58 Å². The number of allylic oxidation sites excluding steroid dienone is 3. The quantitative estimate of drug-likeness (QED) is 0.0917. The highest BCUT2D eigenvalue weighted by molar-refractivity contribution is 5.73. The minimum atomic E-state index is 0.507. The molecule has 1 nitrogen and oxygen atoms in total. The van der Waals surface area contributed by atoms with Gasteiger partial charge in [-0.05, 0) is 37.2 Å². The fourth-order valence-corrected chi connectivity index (χ4v) is 3.62. The summed E-state index contributed by atoms with van der Waals surface area (Å²) in [6.45, 7) is 8.43. The molecule has 0 bridgehead atoms. The second kappa shape index (κ2) is 20.5. The predicted molar refractivity (Wildman–Crippen MR) is 118 cm³/mol. The van der Waals surface area contributed by atoms with E-state index in [-0.39, 0.29) is 0 Å². The zero-order valence-corrected chi connectivity index (χ0v) is 17.9. The van der Waals surface area contributed by atoms with Gasteiger partial charge >= 0.3 is 0 Å². The molecule has 0 N–H and O–H groups in total. The lowest BCUT2D eigenvalue weighted by molar-refractivity contribution is -0.105. The third-order valence-electron chi connectivity index (χ3n) is 5.32. The Morgan fingerprint density at radius 3 is 1.77 bits per heavy atom. The lowest BCUT2D eigenvalue weighted by Gasteiger charge is -2.12. The minimum absolute atomic E-state index is 0.507. The van der Waals surface area contributed by atoms with Gasteiger partial charge in [0.15, 0.2) is 0 Å². The van der Waals surface area contributed by atoms with Crippen LogP contribution in [0.15, 0.2) is 24.3 Å². The Labute approximate surface area is 164 Å². The van der Waals surface area contributed by atoms with Crippen molar-refractivity contribution in [1.29, 1.82) is 0 Å². The van der Waals surface area contributed by atoms with Crippen molar-refractivity contribution in [2.45, 2.75) is 123 Å². The molecular weight excluding hydrogens is 316 g/mol. The molecule has 0 saturated heterocycles. The van der Waals surface area contributed by atoms with Crippen molar-refractivity contribution >= 4 is 6.29 Å². The molecule has 1 unspecified atom stereocenters. The van der Waals surface area contributed by atoms with E-state index in [9.17, 15) is 4.79 Å². The summed E-state index contributed by atoms with van der Waals surface area (Å²) in [5, 5.41) is 0. The maximum absolute atomic E-state index is 11.4. The molecule has 152 valence electrons. The summed E-state index contributed by atoms with van der Waals surface area (Å²) in [6.07, 6.45) is 27.1. The van der Waals surface area contributed by atoms with Gasteiger partial charge in [0.25, 0.3) is 0 Å². The van der Waals surface area contributed by atoms with Gasteiger partial charge in [-0.25, -0.2) is 0 Å². The summed E-state index contributed by atoms with van der Waals surface area (Å²) in [6, 6.07) is 0. The molecule has 1 heteroatoms. The van der Waals surface area contributed by atoms with Crippen LogP contribution in [0, 0.1) is 5.92 Å². The van der Waals surface area contributed by atoms with Gasteiger partial charge in [0.05, 0.1) is 0 Å². The van der Waals surface area contributed by atoms with Crippen molar-refractivity contribution in [3.05, 3.63) is 24.3 Å². The Morgan fingerprint density at radius 1 is 0.769 bits per heavy atom. The van der Waals surface area contributed by atoms with Gasteiger partial charge in [0.1, 0.15) is 6.29 Å². The number of unbranched alkanes of at least 4 members (excludes halogenated alkanes) is 12. The summed E-state index contributed by atoms with van der Waals surface area (Å²) >= 11 is 0. The Hall–Kier alpha value is -0.850. The largest absolute Gasteiger partial charge is 0.298 e. The van der Waals surface area contributed by atoms with Crippen LogP contribution in [0.4, 0.5) is 0 Å². The van der Waals surface area contributed by atoms with Crippen LogP contribution in [0.5, 0.6) is 0 Å². The second-order valence-electron chi connectivity index (χ2n) is 7.93. The van der Waals surface area contributed by atoms with Gasteiger partial charge in [-0.1, -0.05) is 109 Å². The van der Waals surface area contributed by atoms with Crippen LogP contribution >= 0.6 is 0 Å². The van der Waals surface area contributed by atoms with Gasteiger partial charge in [0.2, 0.25) is 0 Å². The molecule has 0 aliphatic carbocycles. The van der Waals surface area contributed by atoms with Crippen molar-refractivity contribution in [3.63, 3.8) is 0 Å². The van der Waals surface area contributed by atoms with E-state index < -0.39 is 0 Å². The number of hydrogen-bond acceptors (Lipinski definition) is 1. The molecule has 0 aromatic carbocycles. The number of rotatable bonds is 20. The Bertz CT molecular complexity index is 342. The standard InChI is InChI=1S/C25H46O/c1-4-7-9-11-13-15-17-20-24(19-6-3)22-25(23-26)21-18-16-14-12-10-8-5-2/h6,22-24H,3-5,7-21H2,1-2H3. The Kier molecular flexibility index (Phi) is 19.8. The second-order valence-corrected chi connectivity index (χ2v) is 7.93. The first-order valence-electron chi connectivity index (χ1n) is 11.5. The topological polar surface area (TPSA) is 17.1 Å². The van der Waals surface area contributed by atoms with E-state index >= 15 is 0 Å². The number of hydrogen-bond donors (Lipinski definition) is 0. The zero-order chi connectivity index (χ0) is 19.3. The molecule has 0 aliphatic rings. The van der Waals surface area contributed by atoms with Gasteiger partial charge < -0.3 is 0 Å². The number of aldehydes is 1. The fourth-order valence-electron chi connectivity index (χ4n) is 3.62. The smallest absolute Gasteiger partial charge is 0.145 e. The highest BCUT2D eigenvalue weighted by atomic mass is 16.1. The first-order chi connectivity index (χ1) is 12.8. The summed E-state index contributed by atoms with van der Waals surface area (Å²) in [4.78, 5) is 11.4. The molecule has 0 aromatic rings. The molecule has 1 atom stereocenters. The Balaban J connectivity index is 4.01. The molecule has 0 spiro atoms. The van der Waals surface area contributed by atoms with Gasteiger partial charge in [0, 0.05) is 0 Å². The van der Waals surface area contributed by atoms with E-state index in [0.29, 0.717) is 5.92 Å². The highest BCUT2D eigenvalue weighted by Crippen LogP contribution is 2.20. The fraction of sp³-hybridized carbons (Fsp3) is 0.800. The van der Waals surface area contributed by atoms with Crippen molar-refractivity contribution in [2.75, 3.05) is 0 Å². The van der Waals surface area contributed by atoms with Crippen molar-refractivity contribution < 1.29 is 4.79 Å². The number of carbonyl (C=O) groups is 1. The van der Waals surface area contributed by atoms with Gasteiger partial charge in [-0.2, -0.15) is 0 Å². The molecule has 0 aliphatic heterocycles. The maximum Gasteiger partial charge on any atom is 0.145 e. The van der Waals surface area contributed by atoms with E-state index in [1.165, 1.54) is 89.9 Å². The molecule has 0 rings (SSSR count). The molecular formula is C25H46O. The molecule has 0 heterocycles. The van der Waals surface area contributed by atoms with Crippen LogP contribution in [-0.2, 0) is 4.79 Å². The maximum atomic E-state index is 11.4. The first-order valence-corrected chi connectivity index (χ1v) is 11.5. The predicted octanol–water partition coefficient (Wildman–Crippen LogP) is 8.59. The molecule has 0 radical (unpaired) electrons. The molecule has 0 saturated carbocycles. The lowest BCUT2D eigenvalue weighted by atomic mass is 9.93. The Morgan fingerprint density at radius 2 is 1.27 bits per heavy atom. The average Bonchev–Trinajstić information content (AvgIpc) is 2.65. The van der Waals surface area contributed by atoms with Crippen molar-refractivity contribution in [1.82, 2.24) is 0 Å². The third-order valence-corrected chi connectivity index (χ3v) is 5.32. The van der Waals surface area contributed by atoms with Crippen LogP contribution in [0.3, 0.4) is 0 Å². The van der Waals surface area contributed by atoms with E-state index in [0.717, 1.165) is 31.1 Å². The third kappa shape index (κ3) is 16.6. The van der Waals surface area contributed by atoms with E-state index in [2.05, 4.69) is 26.5 Å². The van der Waals surface area contributed by atoms with E-state index in [1.807, 2.05) is 6.08 Å². The highest BCUT2D eigenvalue weighted by Gasteiger charge is 2.06. The van der Waals surface area contributed by atoms with E-state index in [1.54, 1.807) is 0 Å². The zero-order valence-electron chi connectivity index (χ0n) is 17.9. The minimum Gasteiger partial charge on any atom is -0.298 e. The first kappa shape index (κ1) is 25.1. The van der Waals surface area contributed by atoms with Crippen molar-refractivity contribution in [2.24, 2.45) is 5.92 Å². The van der Waals surface area contributed by atoms with Crippen LogP contribution in [0.2, 0.25) is 0 Å². The summed E-state index contributed by atoms with van der Waals surface area (Å²) < 4.78 is 0. The number of carbonyl (C=O) groups excluding carboxylic acids is 1. The monoisotopic (exact) mass is 362 g/mol. The van der Waals surface area contributed by atoms with Crippen LogP contribution in [0.25, 0.3) is 0 Å². The SMILES string of the molecule is C=CCC(C=C(C=O)CCCCCCCCC)CCCCCCCCC. The molecule has 0 aromatic heterocycles. The normalized spacial score (nSPS) is 12.9. The van der Waals surface area contributed by atoms with E-state index in [4.69, 9.17) is 0 Å². The van der Waals surface area contributed by atoms with Gasteiger partial charge in [-0.3, -0.25) is 4.79 Å².